The minimum absolute atomic E-state index is 0.271. The minimum Gasteiger partial charge on any atom is -0.465 e. The first-order valence-corrected chi connectivity index (χ1v) is 5.41. The lowest BCUT2D eigenvalue weighted by Gasteiger charge is -2.27. The number of H-pyrrole nitrogens is 1. The topological polar surface area (TPSA) is 84.2 Å². The van der Waals surface area contributed by atoms with E-state index < -0.39 is 5.97 Å². The number of aromatic amines is 1. The quantitative estimate of drug-likeness (QED) is 0.725. The molecule has 0 unspecified atom stereocenters. The van der Waals surface area contributed by atoms with Gasteiger partial charge in [-0.2, -0.15) is 5.10 Å². The van der Waals surface area contributed by atoms with Crippen molar-refractivity contribution in [3.8, 4) is 0 Å². The first-order chi connectivity index (χ1) is 7.74. The third kappa shape index (κ3) is 1.82. The average molecular weight is 224 g/mol. The van der Waals surface area contributed by atoms with E-state index in [0.717, 1.165) is 25.9 Å². The third-order valence-corrected chi connectivity index (χ3v) is 2.82. The molecule has 88 valence electrons. The van der Waals surface area contributed by atoms with Gasteiger partial charge in [-0.05, 0) is 19.3 Å². The maximum absolute atomic E-state index is 11.6. The number of ether oxygens (including phenoxy) is 1. The second-order valence-electron chi connectivity index (χ2n) is 3.88. The predicted molar refractivity (Wildman–Crippen MR) is 60.4 cm³/mol. The Kier molecular flexibility index (Phi) is 2.98. The maximum atomic E-state index is 11.6. The van der Waals surface area contributed by atoms with E-state index >= 15 is 0 Å². The van der Waals surface area contributed by atoms with E-state index in [-0.39, 0.29) is 5.82 Å². The Morgan fingerprint density at radius 2 is 2.12 bits per heavy atom. The van der Waals surface area contributed by atoms with E-state index in [1.807, 2.05) is 0 Å². The molecule has 0 spiro atoms. The molecule has 2 rings (SSSR count). The number of rotatable bonds is 2. The molecule has 6 nitrogen and oxygen atoms in total. The van der Waals surface area contributed by atoms with Crippen molar-refractivity contribution >= 4 is 17.6 Å². The van der Waals surface area contributed by atoms with E-state index in [4.69, 9.17) is 10.5 Å². The molecule has 1 aromatic rings. The molecule has 0 radical (unpaired) electrons. The fraction of sp³-hybridized carbons (Fsp3) is 0.600. The highest BCUT2D eigenvalue weighted by molar-refractivity contribution is 5.99. The molecule has 1 aliphatic heterocycles. The number of aromatic nitrogens is 2. The number of carbonyl (C=O) groups excluding carboxylic acids is 1. The number of anilines is 2. The predicted octanol–water partition coefficient (Wildman–Crippen LogP) is 0.769. The molecule has 0 bridgehead atoms. The van der Waals surface area contributed by atoms with Crippen molar-refractivity contribution in [1.29, 1.82) is 0 Å². The van der Waals surface area contributed by atoms with Gasteiger partial charge >= 0.3 is 5.97 Å². The zero-order chi connectivity index (χ0) is 11.5. The molecular formula is C10H16N4O2. The van der Waals surface area contributed by atoms with Gasteiger partial charge in [-0.3, -0.25) is 5.10 Å². The van der Waals surface area contributed by atoms with Gasteiger partial charge in [-0.25, -0.2) is 4.79 Å². The summed E-state index contributed by atoms with van der Waals surface area (Å²) in [6, 6.07) is 0. The van der Waals surface area contributed by atoms with Gasteiger partial charge in [0.15, 0.2) is 5.82 Å². The third-order valence-electron chi connectivity index (χ3n) is 2.82. The van der Waals surface area contributed by atoms with Crippen LogP contribution in [0.1, 0.15) is 29.6 Å². The van der Waals surface area contributed by atoms with Gasteiger partial charge < -0.3 is 15.4 Å². The highest BCUT2D eigenvalue weighted by Gasteiger charge is 2.24. The summed E-state index contributed by atoms with van der Waals surface area (Å²) in [6.07, 6.45) is 3.46. The van der Waals surface area contributed by atoms with Crippen LogP contribution in [0.15, 0.2) is 0 Å². The fourth-order valence-electron chi connectivity index (χ4n) is 1.98. The highest BCUT2D eigenvalue weighted by Crippen LogP contribution is 2.26. The Hall–Kier alpha value is -1.72. The zero-order valence-electron chi connectivity index (χ0n) is 9.32. The molecule has 0 saturated carbocycles. The van der Waals surface area contributed by atoms with Gasteiger partial charge in [0.2, 0.25) is 0 Å². The molecule has 0 aromatic carbocycles. The zero-order valence-corrected chi connectivity index (χ0v) is 9.32. The number of piperidine rings is 1. The van der Waals surface area contributed by atoms with Crippen LogP contribution in [0.4, 0.5) is 11.6 Å². The summed E-state index contributed by atoms with van der Waals surface area (Å²) < 4.78 is 4.70. The number of nitrogens with zero attached hydrogens (tertiary/aromatic N) is 2. The second kappa shape index (κ2) is 4.42. The summed E-state index contributed by atoms with van der Waals surface area (Å²) in [5, 5.41) is 6.72. The Bertz CT molecular complexity index is 382. The number of hydrogen-bond donors (Lipinski definition) is 2. The standard InChI is InChI=1S/C10H16N4O2/c1-16-10(15)7-8(11)12-13-9(7)14-5-3-2-4-6-14/h2-6H2,1H3,(H3,11,12,13). The average Bonchev–Trinajstić information content (AvgIpc) is 2.71. The number of nitrogens with one attached hydrogen (secondary N) is 1. The van der Waals surface area contributed by atoms with Crippen molar-refractivity contribution in [2.45, 2.75) is 19.3 Å². The van der Waals surface area contributed by atoms with Crippen LogP contribution in [-0.2, 0) is 4.74 Å². The highest BCUT2D eigenvalue weighted by atomic mass is 16.5. The van der Waals surface area contributed by atoms with Gasteiger partial charge in [-0.15, -0.1) is 0 Å². The second-order valence-corrected chi connectivity index (χ2v) is 3.88. The number of nitrogens with two attached hydrogens (primary N) is 1. The minimum atomic E-state index is -0.438. The number of nitrogen functional groups attached to an aromatic ring is 1. The van der Waals surface area contributed by atoms with Gasteiger partial charge in [0.1, 0.15) is 11.4 Å². The lowest BCUT2D eigenvalue weighted by molar-refractivity contribution is 0.0602. The Labute approximate surface area is 93.8 Å². The smallest absolute Gasteiger partial charge is 0.345 e. The molecule has 0 atom stereocenters. The van der Waals surface area contributed by atoms with Crippen molar-refractivity contribution in [3.63, 3.8) is 0 Å². The lowest BCUT2D eigenvalue weighted by Crippen LogP contribution is -2.31. The van der Waals surface area contributed by atoms with Crippen molar-refractivity contribution in [2.24, 2.45) is 0 Å². The summed E-state index contributed by atoms with van der Waals surface area (Å²) in [5.41, 5.74) is 6.03. The SMILES string of the molecule is COC(=O)c1c(N2CCCCC2)n[nH]c1N. The molecule has 3 N–H and O–H groups in total. The lowest BCUT2D eigenvalue weighted by atomic mass is 10.1. The van der Waals surface area contributed by atoms with Gasteiger partial charge in [-0.1, -0.05) is 0 Å². The van der Waals surface area contributed by atoms with Gasteiger partial charge in [0, 0.05) is 13.1 Å². The molecule has 1 fully saturated rings. The van der Waals surface area contributed by atoms with Crippen molar-refractivity contribution < 1.29 is 9.53 Å². The molecule has 2 heterocycles. The molecule has 16 heavy (non-hydrogen) atoms. The number of hydrogen-bond acceptors (Lipinski definition) is 5. The number of esters is 1. The molecule has 1 aromatic heterocycles. The van der Waals surface area contributed by atoms with E-state index in [2.05, 4.69) is 15.1 Å². The summed E-state index contributed by atoms with van der Waals surface area (Å²) in [4.78, 5) is 13.6. The maximum Gasteiger partial charge on any atom is 0.345 e. The first-order valence-electron chi connectivity index (χ1n) is 5.41. The molecule has 0 aliphatic carbocycles. The van der Waals surface area contributed by atoms with E-state index in [9.17, 15) is 4.79 Å². The van der Waals surface area contributed by atoms with Crippen LogP contribution < -0.4 is 10.6 Å². The Balaban J connectivity index is 2.29. The first kappa shape index (κ1) is 10.8. The monoisotopic (exact) mass is 224 g/mol. The van der Waals surface area contributed by atoms with E-state index in [0.29, 0.717) is 11.4 Å². The van der Waals surface area contributed by atoms with Gasteiger partial charge in [0.25, 0.3) is 0 Å². The van der Waals surface area contributed by atoms with Crippen LogP contribution in [0.25, 0.3) is 0 Å². The van der Waals surface area contributed by atoms with Crippen molar-refractivity contribution in [3.05, 3.63) is 5.56 Å². The van der Waals surface area contributed by atoms with Crippen LogP contribution in [0.3, 0.4) is 0 Å². The van der Waals surface area contributed by atoms with E-state index in [1.165, 1.54) is 13.5 Å². The summed E-state index contributed by atoms with van der Waals surface area (Å²) in [6.45, 7) is 1.82. The summed E-state index contributed by atoms with van der Waals surface area (Å²) in [7, 11) is 1.34. The summed E-state index contributed by atoms with van der Waals surface area (Å²) >= 11 is 0. The normalized spacial score (nSPS) is 16.2. The molecule has 0 amide bonds. The van der Waals surface area contributed by atoms with Crippen molar-refractivity contribution in [1.82, 2.24) is 10.2 Å². The van der Waals surface area contributed by atoms with Crippen LogP contribution >= 0.6 is 0 Å². The Morgan fingerprint density at radius 3 is 2.75 bits per heavy atom. The molecular weight excluding hydrogens is 208 g/mol. The van der Waals surface area contributed by atoms with Crippen LogP contribution in [0, 0.1) is 0 Å². The largest absolute Gasteiger partial charge is 0.465 e. The number of carbonyl (C=O) groups is 1. The Morgan fingerprint density at radius 1 is 1.44 bits per heavy atom. The van der Waals surface area contributed by atoms with Gasteiger partial charge in [0.05, 0.1) is 7.11 Å². The van der Waals surface area contributed by atoms with E-state index in [1.54, 1.807) is 0 Å². The molecule has 1 aliphatic rings. The number of methoxy groups -OCH3 is 1. The molecule has 1 saturated heterocycles. The van der Waals surface area contributed by atoms with Crippen LogP contribution in [0.2, 0.25) is 0 Å². The van der Waals surface area contributed by atoms with Crippen LogP contribution in [0.5, 0.6) is 0 Å². The van der Waals surface area contributed by atoms with Crippen LogP contribution in [-0.4, -0.2) is 36.4 Å². The van der Waals surface area contributed by atoms with Crippen molar-refractivity contribution in [2.75, 3.05) is 30.8 Å². The summed E-state index contributed by atoms with van der Waals surface area (Å²) in [5.74, 6) is 0.447. The molecule has 6 heteroatoms. The fourth-order valence-corrected chi connectivity index (χ4v) is 1.98.